The molecular formula is C13H14FN3O3. The molecule has 3 N–H and O–H groups in total. The van der Waals surface area contributed by atoms with Gasteiger partial charge in [0.25, 0.3) is 0 Å². The number of carbonyl (C=O) groups excluding carboxylic acids is 1. The molecule has 0 saturated heterocycles. The van der Waals surface area contributed by atoms with Gasteiger partial charge in [0.1, 0.15) is 5.82 Å². The van der Waals surface area contributed by atoms with Gasteiger partial charge in [-0.05, 0) is 19.1 Å². The number of hydrogen-bond donors (Lipinski definition) is 2. The molecule has 0 radical (unpaired) electrons. The molecule has 6 nitrogen and oxygen atoms in total. The second-order valence-corrected chi connectivity index (χ2v) is 3.97. The van der Waals surface area contributed by atoms with Crippen LogP contribution in [-0.4, -0.2) is 17.7 Å². The number of halogens is 1. The summed E-state index contributed by atoms with van der Waals surface area (Å²) in [4.78, 5) is 11.7. The Morgan fingerprint density at radius 1 is 1.55 bits per heavy atom. The number of benzene rings is 1. The summed E-state index contributed by atoms with van der Waals surface area (Å²) in [6, 6.07) is 4.04. The van der Waals surface area contributed by atoms with Crippen LogP contribution in [0.4, 0.5) is 15.8 Å². The number of rotatable bonds is 5. The van der Waals surface area contributed by atoms with Crippen molar-refractivity contribution in [1.29, 1.82) is 0 Å². The molecule has 106 valence electrons. The molecule has 0 bridgehead atoms. The van der Waals surface area contributed by atoms with Crippen LogP contribution in [0.2, 0.25) is 0 Å². The highest BCUT2D eigenvalue weighted by molar-refractivity contribution is 5.96. The van der Waals surface area contributed by atoms with Crippen LogP contribution in [0.25, 0.3) is 0 Å². The zero-order chi connectivity index (χ0) is 14.5. The Hall–Kier alpha value is -2.57. The number of esters is 1. The SMILES string of the molecule is CCOC(=O)c1cc(NCc2ccno2)c(F)cc1N. The maximum atomic E-state index is 13.8. The number of aromatic nitrogens is 1. The van der Waals surface area contributed by atoms with Crippen LogP contribution in [0.15, 0.2) is 28.9 Å². The van der Waals surface area contributed by atoms with E-state index in [0.717, 1.165) is 6.07 Å². The van der Waals surface area contributed by atoms with Gasteiger partial charge in [-0.3, -0.25) is 0 Å². The van der Waals surface area contributed by atoms with Crippen molar-refractivity contribution in [2.75, 3.05) is 17.7 Å². The van der Waals surface area contributed by atoms with E-state index in [1.807, 2.05) is 0 Å². The van der Waals surface area contributed by atoms with Crippen molar-refractivity contribution in [2.24, 2.45) is 0 Å². The molecule has 0 saturated carbocycles. The molecule has 1 aromatic carbocycles. The van der Waals surface area contributed by atoms with Gasteiger partial charge < -0.3 is 20.3 Å². The summed E-state index contributed by atoms with van der Waals surface area (Å²) in [6.45, 7) is 2.14. The lowest BCUT2D eigenvalue weighted by atomic mass is 10.1. The highest BCUT2D eigenvalue weighted by Crippen LogP contribution is 2.23. The molecule has 1 heterocycles. The van der Waals surface area contributed by atoms with E-state index in [-0.39, 0.29) is 30.1 Å². The fourth-order valence-electron chi connectivity index (χ4n) is 1.63. The number of nitrogens with zero attached hydrogens (tertiary/aromatic N) is 1. The molecule has 0 atom stereocenters. The first-order valence-electron chi connectivity index (χ1n) is 6.01. The molecule has 2 rings (SSSR count). The van der Waals surface area contributed by atoms with Crippen molar-refractivity contribution in [3.63, 3.8) is 0 Å². The summed E-state index contributed by atoms with van der Waals surface area (Å²) in [5, 5.41) is 6.35. The highest BCUT2D eigenvalue weighted by atomic mass is 19.1. The van der Waals surface area contributed by atoms with E-state index in [1.54, 1.807) is 13.0 Å². The van der Waals surface area contributed by atoms with Crippen molar-refractivity contribution >= 4 is 17.3 Å². The standard InChI is InChI=1S/C13H14FN3O3/c1-2-19-13(18)9-5-12(10(14)6-11(9)15)16-7-8-3-4-17-20-8/h3-6,16H,2,7,15H2,1H3. The summed E-state index contributed by atoms with van der Waals surface area (Å²) in [6.07, 6.45) is 1.49. The van der Waals surface area contributed by atoms with Crippen molar-refractivity contribution in [3.8, 4) is 0 Å². The Morgan fingerprint density at radius 2 is 2.35 bits per heavy atom. The number of nitrogens with two attached hydrogens (primary N) is 1. The van der Waals surface area contributed by atoms with Crippen LogP contribution in [0.5, 0.6) is 0 Å². The first-order valence-corrected chi connectivity index (χ1v) is 6.01. The van der Waals surface area contributed by atoms with E-state index >= 15 is 0 Å². The van der Waals surface area contributed by atoms with E-state index in [1.165, 1.54) is 12.3 Å². The number of ether oxygens (including phenoxy) is 1. The molecule has 1 aromatic heterocycles. The number of anilines is 2. The normalized spacial score (nSPS) is 10.3. The lowest BCUT2D eigenvalue weighted by Gasteiger charge is -2.10. The maximum absolute atomic E-state index is 13.8. The van der Waals surface area contributed by atoms with Gasteiger partial charge in [-0.15, -0.1) is 0 Å². The first-order chi connectivity index (χ1) is 9.61. The van der Waals surface area contributed by atoms with Crippen LogP contribution in [0.3, 0.4) is 0 Å². The summed E-state index contributed by atoms with van der Waals surface area (Å²) in [5.74, 6) is -0.610. The van der Waals surface area contributed by atoms with E-state index in [0.29, 0.717) is 5.76 Å². The predicted octanol–water partition coefficient (Wildman–Crippen LogP) is 2.18. The van der Waals surface area contributed by atoms with Gasteiger partial charge >= 0.3 is 5.97 Å². The van der Waals surface area contributed by atoms with Crippen LogP contribution < -0.4 is 11.1 Å². The smallest absolute Gasteiger partial charge is 0.340 e. The van der Waals surface area contributed by atoms with Gasteiger partial charge in [0, 0.05) is 11.8 Å². The zero-order valence-electron chi connectivity index (χ0n) is 10.9. The van der Waals surface area contributed by atoms with E-state index in [9.17, 15) is 9.18 Å². The number of hydrogen-bond acceptors (Lipinski definition) is 6. The van der Waals surface area contributed by atoms with Gasteiger partial charge in [0.2, 0.25) is 0 Å². The molecule has 0 spiro atoms. The van der Waals surface area contributed by atoms with Gasteiger partial charge in [-0.1, -0.05) is 5.16 Å². The van der Waals surface area contributed by atoms with Crippen LogP contribution in [0, 0.1) is 5.82 Å². The molecular weight excluding hydrogens is 265 g/mol. The van der Waals surface area contributed by atoms with Crippen LogP contribution in [0.1, 0.15) is 23.0 Å². The summed E-state index contributed by atoms with van der Waals surface area (Å²) >= 11 is 0. The van der Waals surface area contributed by atoms with Gasteiger partial charge in [-0.2, -0.15) is 0 Å². The molecule has 2 aromatic rings. The molecule has 0 aliphatic rings. The molecule has 0 unspecified atom stereocenters. The third kappa shape index (κ3) is 3.05. The molecule has 20 heavy (non-hydrogen) atoms. The van der Waals surface area contributed by atoms with E-state index in [4.69, 9.17) is 15.0 Å². The van der Waals surface area contributed by atoms with Crippen LogP contribution >= 0.6 is 0 Å². The minimum atomic E-state index is -0.590. The summed E-state index contributed by atoms with van der Waals surface area (Å²) < 4.78 is 23.5. The molecule has 0 aliphatic heterocycles. The fourth-order valence-corrected chi connectivity index (χ4v) is 1.63. The minimum Gasteiger partial charge on any atom is -0.462 e. The Balaban J connectivity index is 2.19. The van der Waals surface area contributed by atoms with E-state index in [2.05, 4.69) is 10.5 Å². The average molecular weight is 279 g/mol. The van der Waals surface area contributed by atoms with Crippen molar-refractivity contribution < 1.29 is 18.4 Å². The van der Waals surface area contributed by atoms with Gasteiger partial charge in [-0.25, -0.2) is 9.18 Å². The van der Waals surface area contributed by atoms with Crippen LogP contribution in [-0.2, 0) is 11.3 Å². The summed E-state index contributed by atoms with van der Waals surface area (Å²) in [7, 11) is 0. The van der Waals surface area contributed by atoms with Crippen molar-refractivity contribution in [2.45, 2.75) is 13.5 Å². The Labute approximate surface area is 114 Å². The topological polar surface area (TPSA) is 90.4 Å². The zero-order valence-corrected chi connectivity index (χ0v) is 10.9. The molecule has 0 fully saturated rings. The largest absolute Gasteiger partial charge is 0.462 e. The number of nitrogen functional groups attached to an aromatic ring is 1. The highest BCUT2D eigenvalue weighted by Gasteiger charge is 2.15. The van der Waals surface area contributed by atoms with Gasteiger partial charge in [0.15, 0.2) is 5.76 Å². The number of carbonyl (C=O) groups is 1. The monoisotopic (exact) mass is 279 g/mol. The second kappa shape index (κ2) is 6.05. The summed E-state index contributed by atoms with van der Waals surface area (Å²) in [5.41, 5.74) is 5.91. The Bertz CT molecular complexity index is 599. The van der Waals surface area contributed by atoms with Crippen molar-refractivity contribution in [1.82, 2.24) is 5.16 Å². The lowest BCUT2D eigenvalue weighted by Crippen LogP contribution is -2.10. The third-order valence-corrected chi connectivity index (χ3v) is 2.58. The minimum absolute atomic E-state index is 0.0335. The fraction of sp³-hybridized carbons (Fsp3) is 0.231. The molecule has 0 aliphatic carbocycles. The molecule has 0 amide bonds. The second-order valence-electron chi connectivity index (χ2n) is 3.97. The van der Waals surface area contributed by atoms with E-state index < -0.39 is 11.8 Å². The maximum Gasteiger partial charge on any atom is 0.340 e. The van der Waals surface area contributed by atoms with Crippen molar-refractivity contribution in [3.05, 3.63) is 41.5 Å². The van der Waals surface area contributed by atoms with Gasteiger partial charge in [0.05, 0.1) is 30.6 Å². The Morgan fingerprint density at radius 3 is 3.00 bits per heavy atom. The Kier molecular flexibility index (Phi) is 4.19. The molecule has 7 heteroatoms. The number of nitrogens with one attached hydrogen (secondary N) is 1. The predicted molar refractivity (Wildman–Crippen MR) is 70.6 cm³/mol. The average Bonchev–Trinajstić information content (AvgIpc) is 2.91. The quantitative estimate of drug-likeness (QED) is 0.644. The third-order valence-electron chi connectivity index (χ3n) is 2.58. The first kappa shape index (κ1) is 13.9. The lowest BCUT2D eigenvalue weighted by molar-refractivity contribution is 0.0527.